The first-order valence-corrected chi connectivity index (χ1v) is 14.7. The van der Waals surface area contributed by atoms with Gasteiger partial charge in [-0.05, 0) is 37.3 Å². The van der Waals surface area contributed by atoms with Crippen molar-refractivity contribution in [1.82, 2.24) is 29.4 Å². The predicted molar refractivity (Wildman–Crippen MR) is 168 cm³/mol. The number of aryl methyl sites for hydroxylation is 1. The van der Waals surface area contributed by atoms with Gasteiger partial charge in [-0.3, -0.25) is 14.2 Å². The number of carbonyl (C=O) groups is 1. The molecule has 46 heavy (non-hydrogen) atoms. The van der Waals surface area contributed by atoms with Crippen molar-refractivity contribution in [2.24, 2.45) is 7.05 Å². The summed E-state index contributed by atoms with van der Waals surface area (Å²) < 4.78 is 51.2. The van der Waals surface area contributed by atoms with Gasteiger partial charge >= 0.3 is 0 Å². The molecule has 0 saturated heterocycles. The lowest BCUT2D eigenvalue weighted by Gasteiger charge is -2.33. The maximum absolute atomic E-state index is 16.0. The molecule has 234 valence electrons. The van der Waals surface area contributed by atoms with Gasteiger partial charge in [0.2, 0.25) is 5.91 Å². The third kappa shape index (κ3) is 4.91. The highest BCUT2D eigenvalue weighted by atomic mass is 19.1. The zero-order valence-electron chi connectivity index (χ0n) is 25.5. The summed E-state index contributed by atoms with van der Waals surface area (Å²) in [6.45, 7) is 6.61. The van der Waals surface area contributed by atoms with Gasteiger partial charge in [0.15, 0.2) is 5.58 Å². The molecule has 0 fully saturated rings. The molecule has 0 spiro atoms. The predicted octanol–water partition coefficient (Wildman–Crippen LogP) is 6.13. The Balaban J connectivity index is 1.49. The number of furan rings is 1. The number of methoxy groups -OCH3 is 1. The molecular formula is C34H30F2N6O4. The Bertz CT molecular complexity index is 2150. The van der Waals surface area contributed by atoms with Crippen LogP contribution in [0.2, 0.25) is 0 Å². The van der Waals surface area contributed by atoms with E-state index in [9.17, 15) is 9.18 Å². The summed E-state index contributed by atoms with van der Waals surface area (Å²) in [6.07, 6.45) is 4.58. The van der Waals surface area contributed by atoms with Gasteiger partial charge in [-0.15, -0.1) is 0 Å². The summed E-state index contributed by atoms with van der Waals surface area (Å²) in [5, 5.41) is 10.7. The van der Waals surface area contributed by atoms with Crippen molar-refractivity contribution in [3.63, 3.8) is 0 Å². The maximum atomic E-state index is 16.0. The highest BCUT2D eigenvalue weighted by molar-refractivity contribution is 6.07. The average molecular weight is 625 g/mol. The number of nitrogens with zero attached hydrogens (tertiary/aromatic N) is 6. The van der Waals surface area contributed by atoms with E-state index in [0.29, 0.717) is 46.7 Å². The number of rotatable bonds is 8. The lowest BCUT2D eigenvalue weighted by atomic mass is 9.95. The highest BCUT2D eigenvalue weighted by Crippen LogP contribution is 2.46. The number of aromatic nitrogens is 5. The van der Waals surface area contributed by atoms with Gasteiger partial charge in [-0.25, -0.2) is 13.8 Å². The van der Waals surface area contributed by atoms with Crippen molar-refractivity contribution >= 4 is 27.8 Å². The molecule has 1 amide bonds. The number of pyridine rings is 1. The van der Waals surface area contributed by atoms with E-state index in [1.807, 2.05) is 42.9 Å². The third-order valence-corrected chi connectivity index (χ3v) is 8.31. The van der Waals surface area contributed by atoms with Crippen LogP contribution in [0.25, 0.3) is 55.6 Å². The fourth-order valence-corrected chi connectivity index (χ4v) is 6.07. The summed E-state index contributed by atoms with van der Waals surface area (Å²) in [6, 6.07) is 11.2. The van der Waals surface area contributed by atoms with E-state index in [0.717, 1.165) is 34.3 Å². The molecule has 10 nitrogen and oxygen atoms in total. The van der Waals surface area contributed by atoms with Crippen molar-refractivity contribution in [3.8, 4) is 39.5 Å². The Hall–Kier alpha value is -5.36. The Kier molecular flexibility index (Phi) is 7.36. The molecule has 12 heteroatoms. The van der Waals surface area contributed by atoms with Gasteiger partial charge in [-0.2, -0.15) is 10.2 Å². The van der Waals surface area contributed by atoms with Gasteiger partial charge in [0.05, 0.1) is 48.9 Å². The minimum absolute atomic E-state index is 0.00928. The van der Waals surface area contributed by atoms with Gasteiger partial charge in [0.1, 0.15) is 41.1 Å². The van der Waals surface area contributed by atoms with E-state index >= 15 is 4.39 Å². The fraction of sp³-hybridized carbons (Fsp3) is 0.235. The van der Waals surface area contributed by atoms with E-state index < -0.39 is 11.6 Å². The number of ether oxygens (including phenoxy) is 2. The van der Waals surface area contributed by atoms with Crippen LogP contribution in [0.4, 0.5) is 8.78 Å². The Morgan fingerprint density at radius 3 is 2.78 bits per heavy atom. The Labute approximate surface area is 262 Å². The number of benzene rings is 2. The zero-order valence-corrected chi connectivity index (χ0v) is 25.5. The molecule has 0 bridgehead atoms. The van der Waals surface area contributed by atoms with Crippen LogP contribution in [0.1, 0.15) is 12.6 Å². The number of hydrogen-bond donors (Lipinski definition) is 0. The molecule has 6 aromatic rings. The lowest BCUT2D eigenvalue weighted by Crippen LogP contribution is -2.44. The van der Waals surface area contributed by atoms with Crippen LogP contribution in [0, 0.1) is 11.6 Å². The summed E-state index contributed by atoms with van der Waals surface area (Å²) in [5.74, 6) is -1.81. The largest absolute Gasteiger partial charge is 0.490 e. The number of fused-ring (bicyclic) bond motifs is 3. The van der Waals surface area contributed by atoms with Gasteiger partial charge in [0.25, 0.3) is 0 Å². The van der Waals surface area contributed by atoms with Crippen LogP contribution in [0.15, 0.2) is 72.0 Å². The van der Waals surface area contributed by atoms with Crippen LogP contribution in [-0.2, 0) is 29.7 Å². The first-order chi connectivity index (χ1) is 22.3. The summed E-state index contributed by atoms with van der Waals surface area (Å²) in [4.78, 5) is 19.4. The second-order valence-electron chi connectivity index (χ2n) is 11.2. The molecule has 1 aliphatic heterocycles. The second kappa shape index (κ2) is 11.5. The molecule has 2 aromatic carbocycles. The number of halogens is 2. The van der Waals surface area contributed by atoms with E-state index in [2.05, 4.69) is 11.7 Å². The third-order valence-electron chi connectivity index (χ3n) is 8.31. The molecule has 0 saturated carbocycles. The molecular weight excluding hydrogens is 594 g/mol. The van der Waals surface area contributed by atoms with Crippen LogP contribution in [-0.4, -0.2) is 61.7 Å². The van der Waals surface area contributed by atoms with E-state index in [4.69, 9.17) is 24.0 Å². The van der Waals surface area contributed by atoms with E-state index in [-0.39, 0.29) is 36.5 Å². The van der Waals surface area contributed by atoms with Crippen molar-refractivity contribution in [1.29, 1.82) is 0 Å². The van der Waals surface area contributed by atoms with Crippen LogP contribution in [0.5, 0.6) is 5.75 Å². The standard InChI is InChI=1S/C34H30F2N6O4/c1-5-29(43)41-18-23-15-26(39-42(23)17-19(41)2)33-30(31-25(36)13-22(35)14-28(31)45-11-10-44-4)24-8-9-46-34(24)32(38-33)20-6-7-27-21(12-20)16-37-40(27)3/h5-9,12-16,19H,1,10-11,17-18H2,2-4H3. The fourth-order valence-electron chi connectivity index (χ4n) is 6.07. The second-order valence-corrected chi connectivity index (χ2v) is 11.2. The molecule has 1 atom stereocenters. The van der Waals surface area contributed by atoms with Crippen LogP contribution < -0.4 is 4.74 Å². The molecule has 0 N–H and O–H groups in total. The molecule has 7 rings (SSSR count). The van der Waals surface area contributed by atoms with Gasteiger partial charge in [-0.1, -0.05) is 12.6 Å². The van der Waals surface area contributed by atoms with Crippen molar-refractivity contribution in [2.45, 2.75) is 26.1 Å². The minimum atomic E-state index is -0.831. The SMILES string of the molecule is C=CC(=O)N1Cc2cc(-c3nc(-c4ccc5c(cnn5C)c4)c4occc4c3-c3c(F)cc(F)cc3OCCOC)nn2CC1C. The van der Waals surface area contributed by atoms with Gasteiger partial charge in [0, 0.05) is 54.2 Å². The highest BCUT2D eigenvalue weighted by Gasteiger charge is 2.31. The number of carbonyl (C=O) groups excluding carboxylic acids is 1. The molecule has 0 aliphatic carbocycles. The normalized spacial score (nSPS) is 14.6. The Morgan fingerprint density at radius 2 is 1.98 bits per heavy atom. The summed E-state index contributed by atoms with van der Waals surface area (Å²) in [5.41, 5.74) is 4.54. The quantitative estimate of drug-likeness (QED) is 0.148. The van der Waals surface area contributed by atoms with Crippen LogP contribution in [0.3, 0.4) is 0 Å². The van der Waals surface area contributed by atoms with Crippen molar-refractivity contribution in [3.05, 3.63) is 84.9 Å². The molecule has 1 aliphatic rings. The first kappa shape index (κ1) is 29.4. The zero-order chi connectivity index (χ0) is 32.1. The Morgan fingerprint density at radius 1 is 1.13 bits per heavy atom. The average Bonchev–Trinajstić information content (AvgIpc) is 3.78. The van der Waals surface area contributed by atoms with Crippen molar-refractivity contribution < 1.29 is 27.5 Å². The summed E-state index contributed by atoms with van der Waals surface area (Å²) >= 11 is 0. The number of amides is 1. The van der Waals surface area contributed by atoms with E-state index in [1.165, 1.54) is 19.4 Å². The maximum Gasteiger partial charge on any atom is 0.246 e. The van der Waals surface area contributed by atoms with Crippen LogP contribution >= 0.6 is 0 Å². The smallest absolute Gasteiger partial charge is 0.246 e. The monoisotopic (exact) mass is 624 g/mol. The summed E-state index contributed by atoms with van der Waals surface area (Å²) in [7, 11) is 3.38. The topological polar surface area (TPSA) is 100 Å². The van der Waals surface area contributed by atoms with Gasteiger partial charge < -0.3 is 18.8 Å². The minimum Gasteiger partial charge on any atom is -0.490 e. The molecule has 0 radical (unpaired) electrons. The lowest BCUT2D eigenvalue weighted by molar-refractivity contribution is -0.129. The molecule has 4 aromatic heterocycles. The van der Waals surface area contributed by atoms with E-state index in [1.54, 1.807) is 21.8 Å². The first-order valence-electron chi connectivity index (χ1n) is 14.7. The molecule has 5 heterocycles. The number of hydrogen-bond acceptors (Lipinski definition) is 7. The van der Waals surface area contributed by atoms with Crippen molar-refractivity contribution in [2.75, 3.05) is 20.3 Å². The molecule has 1 unspecified atom stereocenters.